The van der Waals surface area contributed by atoms with Crippen LogP contribution in [-0.2, 0) is 24.0 Å². The Bertz CT molecular complexity index is 761. The number of guanidine groups is 1. The van der Waals surface area contributed by atoms with Gasteiger partial charge in [-0.15, -0.1) is 0 Å². The summed E-state index contributed by atoms with van der Waals surface area (Å²) in [4.78, 5) is 64.4. The number of hydrogen-bond donors (Lipinski definition) is 9. The molecule has 15 heteroatoms. The highest BCUT2D eigenvalue weighted by molar-refractivity contribution is 7.80. The predicted octanol–water partition coefficient (Wildman–Crippen LogP) is -3.24. The highest BCUT2D eigenvalue weighted by Gasteiger charge is 2.33. The number of rotatable bonds is 16. The Hall–Kier alpha value is -3.07. The fourth-order valence-corrected chi connectivity index (χ4v) is 2.92. The Kier molecular flexibility index (Phi) is 14.3. The summed E-state index contributed by atoms with van der Waals surface area (Å²) in [6.07, 6.45) is 0.291. The van der Waals surface area contributed by atoms with Crippen molar-refractivity contribution >= 4 is 48.2 Å². The second-order valence-electron chi connectivity index (χ2n) is 7.74. The number of hydrogen-bond acceptors (Lipinski definition) is 8. The van der Waals surface area contributed by atoms with Crippen LogP contribution in [0.1, 0.15) is 39.5 Å². The number of thiol groups is 1. The van der Waals surface area contributed by atoms with Crippen molar-refractivity contribution in [2.75, 3.05) is 12.3 Å². The molecule has 0 aromatic carbocycles. The molecular formula is C19H36N8O6S. The van der Waals surface area contributed by atoms with Gasteiger partial charge in [0.1, 0.15) is 18.1 Å². The molecule has 194 valence electrons. The number of nitrogens with two attached hydrogens (primary N) is 4. The predicted molar refractivity (Wildman–Crippen MR) is 128 cm³/mol. The van der Waals surface area contributed by atoms with Crippen LogP contribution in [0.5, 0.6) is 0 Å². The molecule has 0 spiro atoms. The lowest BCUT2D eigenvalue weighted by molar-refractivity contribution is -0.144. The molecule has 0 aromatic rings. The van der Waals surface area contributed by atoms with Crippen molar-refractivity contribution in [3.63, 3.8) is 0 Å². The lowest BCUT2D eigenvalue weighted by Gasteiger charge is -2.28. The fourth-order valence-electron chi connectivity index (χ4n) is 2.75. The molecule has 5 atom stereocenters. The molecule has 0 aliphatic heterocycles. The van der Waals surface area contributed by atoms with Gasteiger partial charge in [-0.3, -0.25) is 24.2 Å². The van der Waals surface area contributed by atoms with Crippen molar-refractivity contribution in [2.24, 2.45) is 33.8 Å². The Morgan fingerprint density at radius 3 is 2.03 bits per heavy atom. The first kappa shape index (κ1) is 30.9. The van der Waals surface area contributed by atoms with E-state index in [2.05, 4.69) is 33.6 Å². The highest BCUT2D eigenvalue weighted by Crippen LogP contribution is 2.10. The molecule has 0 bridgehead atoms. The molecule has 0 heterocycles. The summed E-state index contributed by atoms with van der Waals surface area (Å²) in [6.45, 7) is 3.65. The maximum absolute atomic E-state index is 13.0. The molecule has 0 radical (unpaired) electrons. The number of carboxylic acids is 1. The molecule has 4 amide bonds. The number of amides is 4. The summed E-state index contributed by atoms with van der Waals surface area (Å²) in [5.41, 5.74) is 21.3. The molecule has 0 rings (SSSR count). The van der Waals surface area contributed by atoms with E-state index in [4.69, 9.17) is 22.9 Å². The summed E-state index contributed by atoms with van der Waals surface area (Å²) in [5, 5.41) is 16.5. The zero-order valence-electron chi connectivity index (χ0n) is 19.3. The van der Waals surface area contributed by atoms with E-state index in [1.54, 1.807) is 13.8 Å². The Balaban J connectivity index is 5.60. The van der Waals surface area contributed by atoms with Gasteiger partial charge >= 0.3 is 5.97 Å². The van der Waals surface area contributed by atoms with Gasteiger partial charge in [-0.05, 0) is 18.8 Å². The van der Waals surface area contributed by atoms with Gasteiger partial charge in [-0.25, -0.2) is 4.79 Å². The first-order chi connectivity index (χ1) is 15.8. The highest BCUT2D eigenvalue weighted by atomic mass is 32.1. The minimum atomic E-state index is -1.56. The number of carbonyl (C=O) groups is 5. The second-order valence-corrected chi connectivity index (χ2v) is 8.11. The van der Waals surface area contributed by atoms with E-state index in [1.807, 2.05) is 0 Å². The third-order valence-corrected chi connectivity index (χ3v) is 5.32. The van der Waals surface area contributed by atoms with Crippen LogP contribution in [0.15, 0.2) is 4.99 Å². The van der Waals surface area contributed by atoms with E-state index in [1.165, 1.54) is 0 Å². The van der Waals surface area contributed by atoms with E-state index in [0.29, 0.717) is 12.8 Å². The van der Waals surface area contributed by atoms with Crippen LogP contribution in [-0.4, -0.2) is 77.1 Å². The fraction of sp³-hybridized carbons (Fsp3) is 0.684. The van der Waals surface area contributed by atoms with Crippen LogP contribution in [0.25, 0.3) is 0 Å². The van der Waals surface area contributed by atoms with E-state index in [0.717, 1.165) is 0 Å². The molecule has 14 nitrogen and oxygen atoms in total. The minimum absolute atomic E-state index is 0.0442. The Morgan fingerprint density at radius 1 is 0.971 bits per heavy atom. The zero-order valence-corrected chi connectivity index (χ0v) is 20.2. The van der Waals surface area contributed by atoms with Gasteiger partial charge in [0.05, 0.1) is 12.5 Å². The van der Waals surface area contributed by atoms with E-state index >= 15 is 0 Å². The Labute approximate surface area is 203 Å². The number of aliphatic imine (C=N–C) groups is 1. The molecule has 0 saturated heterocycles. The number of nitrogens with zero attached hydrogens (tertiary/aromatic N) is 1. The van der Waals surface area contributed by atoms with Crippen LogP contribution < -0.4 is 38.9 Å². The molecule has 0 saturated carbocycles. The van der Waals surface area contributed by atoms with Crippen molar-refractivity contribution in [2.45, 2.75) is 63.7 Å². The summed E-state index contributed by atoms with van der Waals surface area (Å²) in [6, 6.07) is -4.75. The first-order valence-corrected chi connectivity index (χ1v) is 11.3. The van der Waals surface area contributed by atoms with Crippen LogP contribution >= 0.6 is 12.6 Å². The maximum atomic E-state index is 13.0. The van der Waals surface area contributed by atoms with Crippen molar-refractivity contribution in [3.8, 4) is 0 Å². The first-order valence-electron chi connectivity index (χ1n) is 10.7. The second kappa shape index (κ2) is 15.7. The minimum Gasteiger partial charge on any atom is -0.480 e. The van der Waals surface area contributed by atoms with E-state index < -0.39 is 66.1 Å². The standard InChI is InChI=1S/C19H36N8O6S/c1-3-9(2)14(17(31)26-12(18(32)33)7-13(21)28)27-16(30)11(5-4-6-24-19(22)23)25-15(29)10(20)8-34/h9-12,14,34H,3-8,20H2,1-2H3,(H2,21,28)(H,25,29)(H,26,31)(H,27,30)(H,32,33)(H4,22,23,24). The average molecular weight is 505 g/mol. The number of nitrogens with one attached hydrogen (secondary N) is 3. The average Bonchev–Trinajstić information content (AvgIpc) is 2.76. The van der Waals surface area contributed by atoms with Gasteiger partial charge < -0.3 is 44.0 Å². The van der Waals surface area contributed by atoms with E-state index in [-0.39, 0.29) is 24.7 Å². The number of aliphatic carboxylic acids is 1. The van der Waals surface area contributed by atoms with Gasteiger partial charge in [0.25, 0.3) is 0 Å². The summed E-state index contributed by atoms with van der Waals surface area (Å²) < 4.78 is 0. The molecule has 5 unspecified atom stereocenters. The van der Waals surface area contributed by atoms with Gasteiger partial charge in [0.15, 0.2) is 5.96 Å². The Morgan fingerprint density at radius 2 is 1.56 bits per heavy atom. The van der Waals surface area contributed by atoms with Gasteiger partial charge in [-0.2, -0.15) is 12.6 Å². The number of carbonyl (C=O) groups excluding carboxylic acids is 4. The van der Waals surface area contributed by atoms with Crippen molar-refractivity contribution < 1.29 is 29.1 Å². The molecule has 0 aromatic heterocycles. The van der Waals surface area contributed by atoms with Crippen LogP contribution in [0.2, 0.25) is 0 Å². The van der Waals surface area contributed by atoms with Crippen LogP contribution in [0, 0.1) is 5.92 Å². The third-order valence-electron chi connectivity index (χ3n) is 4.92. The lowest BCUT2D eigenvalue weighted by atomic mass is 9.97. The molecule has 0 aliphatic rings. The van der Waals surface area contributed by atoms with Crippen molar-refractivity contribution in [1.82, 2.24) is 16.0 Å². The molecule has 34 heavy (non-hydrogen) atoms. The van der Waals surface area contributed by atoms with Gasteiger partial charge in [0.2, 0.25) is 23.6 Å². The van der Waals surface area contributed by atoms with Gasteiger partial charge in [-0.1, -0.05) is 20.3 Å². The quantitative estimate of drug-likeness (QED) is 0.0442. The van der Waals surface area contributed by atoms with Crippen LogP contribution in [0.4, 0.5) is 0 Å². The SMILES string of the molecule is CCC(C)C(NC(=O)C(CCCN=C(N)N)NC(=O)C(N)CS)C(=O)NC(CC(N)=O)C(=O)O. The summed E-state index contributed by atoms with van der Waals surface area (Å²) in [5.74, 6) is -4.98. The third kappa shape index (κ3) is 11.7. The molecule has 12 N–H and O–H groups in total. The molecule has 0 fully saturated rings. The summed E-state index contributed by atoms with van der Waals surface area (Å²) >= 11 is 3.97. The molecule has 0 aliphatic carbocycles. The smallest absolute Gasteiger partial charge is 0.326 e. The largest absolute Gasteiger partial charge is 0.480 e. The van der Waals surface area contributed by atoms with Crippen LogP contribution in [0.3, 0.4) is 0 Å². The zero-order chi connectivity index (χ0) is 26.4. The molecular weight excluding hydrogens is 468 g/mol. The normalized spacial score (nSPS) is 15.1. The number of primary amides is 1. The number of carboxylic acid groups (broad SMARTS) is 1. The van der Waals surface area contributed by atoms with Gasteiger partial charge in [0, 0.05) is 12.3 Å². The summed E-state index contributed by atoms with van der Waals surface area (Å²) in [7, 11) is 0. The van der Waals surface area contributed by atoms with E-state index in [9.17, 15) is 29.1 Å². The monoisotopic (exact) mass is 504 g/mol. The van der Waals surface area contributed by atoms with Crippen molar-refractivity contribution in [1.29, 1.82) is 0 Å². The van der Waals surface area contributed by atoms with Crippen molar-refractivity contribution in [3.05, 3.63) is 0 Å². The topological polar surface area (TPSA) is 258 Å². The lowest BCUT2D eigenvalue weighted by Crippen LogP contribution is -2.59. The maximum Gasteiger partial charge on any atom is 0.326 e.